The van der Waals surface area contributed by atoms with Crippen LogP contribution in [-0.4, -0.2) is 24.3 Å². The summed E-state index contributed by atoms with van der Waals surface area (Å²) in [6, 6.07) is 18.0. The summed E-state index contributed by atoms with van der Waals surface area (Å²) in [6.45, 7) is 0.414. The molecule has 0 radical (unpaired) electrons. The van der Waals surface area contributed by atoms with Crippen molar-refractivity contribution in [2.45, 2.75) is 6.61 Å². The Balaban J connectivity index is 1.42. The van der Waals surface area contributed by atoms with Gasteiger partial charge in [-0.15, -0.1) is 0 Å². The first-order chi connectivity index (χ1) is 13.3. The maximum absolute atomic E-state index is 5.99. The highest BCUT2D eigenvalue weighted by Gasteiger charge is 2.08. The van der Waals surface area contributed by atoms with E-state index < -0.39 is 0 Å². The van der Waals surface area contributed by atoms with E-state index in [1.54, 1.807) is 11.0 Å². The minimum Gasteiger partial charge on any atom is -0.487 e. The van der Waals surface area contributed by atoms with Gasteiger partial charge in [0.05, 0.1) is 34.1 Å². The molecule has 0 unspecified atom stereocenters. The molecule has 0 atom stereocenters. The molecule has 0 aliphatic rings. The summed E-state index contributed by atoms with van der Waals surface area (Å²) in [5.74, 6) is 0.781. The number of aromatic nitrogens is 5. The van der Waals surface area contributed by atoms with Crippen LogP contribution in [0.25, 0.3) is 27.6 Å². The lowest BCUT2D eigenvalue weighted by Crippen LogP contribution is -1.99. The topological polar surface area (TPSA) is 57.8 Å². The largest absolute Gasteiger partial charge is 0.487 e. The Kier molecular flexibility index (Phi) is 3.60. The van der Waals surface area contributed by atoms with Crippen LogP contribution in [0.2, 0.25) is 0 Å². The molecule has 0 spiro atoms. The lowest BCUT2D eigenvalue weighted by Gasteiger charge is -2.08. The number of nitrogens with zero attached hydrogens (tertiary/aromatic N) is 5. The molecule has 0 bridgehead atoms. The van der Waals surface area contributed by atoms with Crippen LogP contribution >= 0.6 is 0 Å². The smallest absolute Gasteiger partial charge is 0.130 e. The predicted octanol–water partition coefficient (Wildman–Crippen LogP) is 3.89. The molecule has 0 N–H and O–H groups in total. The molecule has 5 rings (SSSR count). The van der Waals surface area contributed by atoms with Crippen molar-refractivity contribution in [2.75, 3.05) is 0 Å². The third-order valence-electron chi connectivity index (χ3n) is 4.53. The quantitative estimate of drug-likeness (QED) is 0.491. The van der Waals surface area contributed by atoms with Gasteiger partial charge >= 0.3 is 0 Å². The van der Waals surface area contributed by atoms with Gasteiger partial charge in [-0.25, -0.2) is 9.97 Å². The minimum atomic E-state index is 0.414. The van der Waals surface area contributed by atoms with Gasteiger partial charge in [-0.2, -0.15) is 5.10 Å². The molecule has 0 aliphatic carbocycles. The van der Waals surface area contributed by atoms with E-state index in [4.69, 9.17) is 4.74 Å². The maximum Gasteiger partial charge on any atom is 0.130 e. The molecule has 0 saturated carbocycles. The SMILES string of the molecule is Cn1cc(-n2cnc3ccc(OCc4ccc5ccccc5n4)cc32)cn1. The van der Waals surface area contributed by atoms with Gasteiger partial charge in [0.1, 0.15) is 18.7 Å². The average molecular weight is 355 g/mol. The van der Waals surface area contributed by atoms with E-state index in [1.807, 2.05) is 66.5 Å². The fourth-order valence-electron chi connectivity index (χ4n) is 3.16. The lowest BCUT2D eigenvalue weighted by atomic mass is 10.2. The second-order valence-corrected chi connectivity index (χ2v) is 6.42. The van der Waals surface area contributed by atoms with Gasteiger partial charge in [0.15, 0.2) is 0 Å². The summed E-state index contributed by atoms with van der Waals surface area (Å²) in [5.41, 5.74) is 4.73. The molecule has 0 saturated heterocycles. The van der Waals surface area contributed by atoms with Crippen molar-refractivity contribution in [2.24, 2.45) is 7.05 Å². The average Bonchev–Trinajstić information content (AvgIpc) is 3.31. The zero-order valence-electron chi connectivity index (χ0n) is 14.8. The molecule has 6 heteroatoms. The number of benzene rings is 2. The Morgan fingerprint density at radius 3 is 2.81 bits per heavy atom. The highest BCUT2D eigenvalue weighted by atomic mass is 16.5. The van der Waals surface area contributed by atoms with Crippen molar-refractivity contribution >= 4 is 21.9 Å². The van der Waals surface area contributed by atoms with Gasteiger partial charge in [0, 0.05) is 24.7 Å². The molecule has 6 nitrogen and oxygen atoms in total. The molecule has 2 aromatic carbocycles. The molecule has 5 aromatic rings. The number of hydrogen-bond donors (Lipinski definition) is 0. The fraction of sp³-hybridized carbons (Fsp3) is 0.0952. The maximum atomic E-state index is 5.99. The van der Waals surface area contributed by atoms with Crippen LogP contribution in [0.4, 0.5) is 0 Å². The van der Waals surface area contributed by atoms with Crippen LogP contribution in [0.5, 0.6) is 5.75 Å². The van der Waals surface area contributed by atoms with Gasteiger partial charge in [0.2, 0.25) is 0 Å². The Hall–Kier alpha value is -3.67. The number of ether oxygens (including phenoxy) is 1. The first-order valence-corrected chi connectivity index (χ1v) is 8.70. The van der Waals surface area contributed by atoms with Crippen molar-refractivity contribution < 1.29 is 4.74 Å². The molecule has 3 heterocycles. The molecule has 0 amide bonds. The summed E-state index contributed by atoms with van der Waals surface area (Å²) in [5, 5.41) is 5.36. The van der Waals surface area contributed by atoms with Gasteiger partial charge in [0.25, 0.3) is 0 Å². The Morgan fingerprint density at radius 1 is 1.00 bits per heavy atom. The van der Waals surface area contributed by atoms with Crippen molar-refractivity contribution in [1.29, 1.82) is 0 Å². The number of hydrogen-bond acceptors (Lipinski definition) is 4. The zero-order valence-corrected chi connectivity index (χ0v) is 14.8. The van der Waals surface area contributed by atoms with Crippen molar-refractivity contribution in [1.82, 2.24) is 24.3 Å². The first-order valence-electron chi connectivity index (χ1n) is 8.70. The third-order valence-corrected chi connectivity index (χ3v) is 4.53. The van der Waals surface area contributed by atoms with E-state index >= 15 is 0 Å². The van der Waals surface area contributed by atoms with Gasteiger partial charge < -0.3 is 4.74 Å². The van der Waals surface area contributed by atoms with Crippen LogP contribution in [0.3, 0.4) is 0 Å². The summed E-state index contributed by atoms with van der Waals surface area (Å²) >= 11 is 0. The summed E-state index contributed by atoms with van der Waals surface area (Å²) in [6.07, 6.45) is 5.57. The zero-order chi connectivity index (χ0) is 18.2. The molecular formula is C21H17N5O. The Bertz CT molecular complexity index is 1250. The van der Waals surface area contributed by atoms with Crippen LogP contribution in [0.15, 0.2) is 73.3 Å². The van der Waals surface area contributed by atoms with E-state index in [2.05, 4.69) is 27.2 Å². The standard InChI is InChI=1S/C21H17N5O/c1-25-12-17(11-23-25)26-14-22-20-9-8-18(10-21(20)26)27-13-16-7-6-15-4-2-3-5-19(15)24-16/h2-12,14H,13H2,1H3. The number of fused-ring (bicyclic) bond motifs is 2. The monoisotopic (exact) mass is 355 g/mol. The number of para-hydroxylation sites is 1. The molecule has 27 heavy (non-hydrogen) atoms. The lowest BCUT2D eigenvalue weighted by molar-refractivity contribution is 0.302. The third kappa shape index (κ3) is 2.91. The molecular weight excluding hydrogens is 338 g/mol. The van der Waals surface area contributed by atoms with E-state index in [0.717, 1.165) is 39.1 Å². The summed E-state index contributed by atoms with van der Waals surface area (Å²) in [7, 11) is 1.90. The number of pyridine rings is 1. The van der Waals surface area contributed by atoms with Gasteiger partial charge in [-0.3, -0.25) is 9.25 Å². The molecule has 132 valence electrons. The van der Waals surface area contributed by atoms with Crippen molar-refractivity contribution in [3.8, 4) is 11.4 Å². The highest BCUT2D eigenvalue weighted by molar-refractivity contribution is 5.79. The second-order valence-electron chi connectivity index (χ2n) is 6.42. The van der Waals surface area contributed by atoms with Crippen LogP contribution in [0, 0.1) is 0 Å². The molecule has 0 aliphatic heterocycles. The van der Waals surface area contributed by atoms with Crippen molar-refractivity contribution in [3.63, 3.8) is 0 Å². The van der Waals surface area contributed by atoms with Crippen molar-refractivity contribution in [3.05, 3.63) is 79.0 Å². The van der Waals surface area contributed by atoms with Crippen LogP contribution in [0.1, 0.15) is 5.69 Å². The number of aryl methyl sites for hydroxylation is 1. The van der Waals surface area contributed by atoms with Crippen LogP contribution in [-0.2, 0) is 13.7 Å². The number of imidazole rings is 1. The second kappa shape index (κ2) is 6.25. The van der Waals surface area contributed by atoms with E-state index in [1.165, 1.54) is 0 Å². The Morgan fingerprint density at radius 2 is 1.93 bits per heavy atom. The van der Waals surface area contributed by atoms with E-state index in [0.29, 0.717) is 6.61 Å². The predicted molar refractivity (Wildman–Crippen MR) is 104 cm³/mol. The van der Waals surface area contributed by atoms with Gasteiger partial charge in [-0.05, 0) is 24.3 Å². The molecule has 0 fully saturated rings. The van der Waals surface area contributed by atoms with Gasteiger partial charge in [-0.1, -0.05) is 24.3 Å². The normalized spacial score (nSPS) is 11.3. The fourth-order valence-corrected chi connectivity index (χ4v) is 3.16. The summed E-state index contributed by atoms with van der Waals surface area (Å²) in [4.78, 5) is 9.11. The summed E-state index contributed by atoms with van der Waals surface area (Å²) < 4.78 is 9.76. The number of rotatable bonds is 4. The molecule has 3 aromatic heterocycles. The van der Waals surface area contributed by atoms with Crippen LogP contribution < -0.4 is 4.74 Å². The Labute approximate surface area is 155 Å². The van der Waals surface area contributed by atoms with E-state index in [9.17, 15) is 0 Å². The highest BCUT2D eigenvalue weighted by Crippen LogP contribution is 2.23. The van der Waals surface area contributed by atoms with E-state index in [-0.39, 0.29) is 0 Å². The first kappa shape index (κ1) is 15.6. The minimum absolute atomic E-state index is 0.414.